The van der Waals surface area contributed by atoms with Crippen LogP contribution in [-0.2, 0) is 17.8 Å². The van der Waals surface area contributed by atoms with E-state index >= 15 is 0 Å². The molecule has 1 saturated heterocycles. The predicted molar refractivity (Wildman–Crippen MR) is 158 cm³/mol. The van der Waals surface area contributed by atoms with E-state index in [2.05, 4.69) is 10.3 Å². The molecular weight excluding hydrogens is 531 g/mol. The molecule has 5 aromatic rings. The number of hydrogen-bond donors (Lipinski definition) is 2. The van der Waals surface area contributed by atoms with E-state index in [1.165, 1.54) is 12.1 Å². The molecule has 1 fully saturated rings. The number of aryl methyl sites for hydroxylation is 1. The van der Waals surface area contributed by atoms with Crippen LogP contribution in [-0.4, -0.2) is 33.8 Å². The molecule has 2 atom stereocenters. The van der Waals surface area contributed by atoms with E-state index in [0.717, 1.165) is 38.2 Å². The second kappa shape index (κ2) is 9.99. The topological polar surface area (TPSA) is 85.5 Å². The van der Waals surface area contributed by atoms with Crippen molar-refractivity contribution in [1.29, 1.82) is 0 Å². The summed E-state index contributed by atoms with van der Waals surface area (Å²) in [4.78, 5) is 47.8. The van der Waals surface area contributed by atoms with Gasteiger partial charge in [-0.2, -0.15) is 0 Å². The summed E-state index contributed by atoms with van der Waals surface area (Å²) in [5, 5.41) is 3.90. The minimum absolute atomic E-state index is 0.230. The molecule has 0 bridgehead atoms. The quantitative estimate of drug-likeness (QED) is 0.259. The zero-order valence-electron chi connectivity index (χ0n) is 22.8. The molecule has 2 aliphatic heterocycles. The molecule has 7 nitrogen and oxygen atoms in total. The maximum Gasteiger partial charge on any atom is 0.332 e. The first-order chi connectivity index (χ1) is 20.4. The van der Waals surface area contributed by atoms with Gasteiger partial charge in [0.15, 0.2) is 0 Å². The number of halogens is 1. The van der Waals surface area contributed by atoms with Crippen LogP contribution >= 0.6 is 0 Å². The normalized spacial score (nSPS) is 17.9. The maximum atomic E-state index is 14.2. The van der Waals surface area contributed by atoms with Crippen molar-refractivity contribution in [1.82, 2.24) is 15.2 Å². The van der Waals surface area contributed by atoms with Gasteiger partial charge in [0.05, 0.1) is 11.3 Å². The number of carbonyl (C=O) groups excluding carboxylic acids is 3. The van der Waals surface area contributed by atoms with Gasteiger partial charge < -0.3 is 10.3 Å². The Morgan fingerprint density at radius 3 is 2.43 bits per heavy atom. The first-order valence-corrected chi connectivity index (χ1v) is 13.8. The molecule has 2 N–H and O–H groups in total. The number of nitrogens with one attached hydrogen (secondary N) is 2. The van der Waals surface area contributed by atoms with Gasteiger partial charge in [0.25, 0.3) is 11.8 Å². The monoisotopic (exact) mass is 558 g/mol. The third-order valence-electron chi connectivity index (χ3n) is 8.20. The lowest BCUT2D eigenvalue weighted by Gasteiger charge is -2.36. The van der Waals surface area contributed by atoms with E-state index in [9.17, 15) is 18.8 Å². The van der Waals surface area contributed by atoms with Crippen molar-refractivity contribution in [3.8, 4) is 0 Å². The number of amides is 4. The number of imide groups is 1. The first kappa shape index (κ1) is 25.7. The maximum absolute atomic E-state index is 14.2. The fraction of sp³-hybridized carbons (Fsp3) is 0.147. The third kappa shape index (κ3) is 4.15. The average Bonchev–Trinajstić information content (AvgIpc) is 3.50. The van der Waals surface area contributed by atoms with Gasteiger partial charge in [0.1, 0.15) is 17.9 Å². The Hall–Kier alpha value is -5.24. The Balaban J connectivity index is 1.27. The summed E-state index contributed by atoms with van der Waals surface area (Å²) in [6.07, 6.45) is 0.319. The van der Waals surface area contributed by atoms with Gasteiger partial charge in [-0.05, 0) is 53.9 Å². The van der Waals surface area contributed by atoms with E-state index in [-0.39, 0.29) is 23.0 Å². The molecule has 42 heavy (non-hydrogen) atoms. The molecule has 2 aliphatic rings. The van der Waals surface area contributed by atoms with Gasteiger partial charge in [-0.25, -0.2) is 14.1 Å². The number of nitrogens with zero attached hydrogens (tertiary/aromatic N) is 2. The van der Waals surface area contributed by atoms with Crippen molar-refractivity contribution in [3.05, 3.63) is 136 Å². The summed E-state index contributed by atoms with van der Waals surface area (Å²) < 4.78 is 13.9. The minimum Gasteiger partial charge on any atom is -0.356 e. The SMILES string of the molecule is Cc1ccc(CNC(=O)c2ccccc2N2C(=O)C3Cc4c([nH]c5ccccc45)C(c4ccc(F)cc4)N3C2=O)cc1. The number of carbonyl (C=O) groups is 3. The largest absolute Gasteiger partial charge is 0.356 e. The molecular formula is C34H27FN4O3. The number of anilines is 1. The van der Waals surface area contributed by atoms with E-state index in [1.807, 2.05) is 55.5 Å². The molecule has 4 aromatic carbocycles. The summed E-state index contributed by atoms with van der Waals surface area (Å²) in [6, 6.07) is 26.4. The van der Waals surface area contributed by atoms with Crippen LogP contribution in [0.3, 0.4) is 0 Å². The van der Waals surface area contributed by atoms with Crippen molar-refractivity contribution in [2.24, 2.45) is 0 Å². The highest BCUT2D eigenvalue weighted by atomic mass is 19.1. The summed E-state index contributed by atoms with van der Waals surface area (Å²) in [6.45, 7) is 2.30. The fourth-order valence-electron chi connectivity index (χ4n) is 6.13. The lowest BCUT2D eigenvalue weighted by molar-refractivity contribution is -0.120. The second-order valence-electron chi connectivity index (χ2n) is 10.8. The third-order valence-corrected chi connectivity index (χ3v) is 8.20. The van der Waals surface area contributed by atoms with Gasteiger partial charge in [-0.15, -0.1) is 0 Å². The number of para-hydroxylation sites is 2. The summed E-state index contributed by atoms with van der Waals surface area (Å²) in [5.74, 6) is -1.18. The van der Waals surface area contributed by atoms with E-state index < -0.39 is 24.0 Å². The van der Waals surface area contributed by atoms with Crippen LogP contribution < -0.4 is 10.2 Å². The predicted octanol–water partition coefficient (Wildman–Crippen LogP) is 6.03. The summed E-state index contributed by atoms with van der Waals surface area (Å²) >= 11 is 0. The number of aromatic nitrogens is 1. The van der Waals surface area contributed by atoms with E-state index in [4.69, 9.17) is 0 Å². The van der Waals surface area contributed by atoms with Crippen LogP contribution in [0.1, 0.15) is 44.3 Å². The summed E-state index contributed by atoms with van der Waals surface area (Å²) in [7, 11) is 0. The number of H-pyrrole nitrogens is 1. The fourth-order valence-corrected chi connectivity index (χ4v) is 6.13. The molecule has 0 radical (unpaired) electrons. The average molecular weight is 559 g/mol. The van der Waals surface area contributed by atoms with Gasteiger partial charge in [-0.3, -0.25) is 14.5 Å². The van der Waals surface area contributed by atoms with Crippen molar-refractivity contribution >= 4 is 34.4 Å². The molecule has 3 heterocycles. The van der Waals surface area contributed by atoms with Crippen LogP contribution in [0.15, 0.2) is 97.1 Å². The zero-order chi connectivity index (χ0) is 29.0. The molecule has 0 saturated carbocycles. The zero-order valence-corrected chi connectivity index (χ0v) is 22.8. The van der Waals surface area contributed by atoms with Crippen molar-refractivity contribution < 1.29 is 18.8 Å². The number of hydrogen-bond acceptors (Lipinski definition) is 3. The highest BCUT2D eigenvalue weighted by molar-refractivity contribution is 6.24. The van der Waals surface area contributed by atoms with Crippen LogP contribution in [0.25, 0.3) is 10.9 Å². The second-order valence-corrected chi connectivity index (χ2v) is 10.8. The standard InChI is InChI=1S/C34H27FN4O3/c1-20-10-12-21(13-11-20)19-36-32(40)25-7-3-5-9-28(25)39-33(41)29-18-26-24-6-2-4-8-27(24)37-30(26)31(38(29)34(39)42)22-14-16-23(35)17-15-22/h2-17,29,31,37H,18-19H2,1H3,(H,36,40). The molecule has 8 heteroatoms. The molecule has 2 unspecified atom stereocenters. The van der Waals surface area contributed by atoms with E-state index in [1.54, 1.807) is 41.3 Å². The number of fused-ring (bicyclic) bond motifs is 4. The number of rotatable bonds is 5. The molecule has 208 valence electrons. The van der Waals surface area contributed by atoms with Gasteiger partial charge in [0, 0.05) is 29.6 Å². The number of aromatic amines is 1. The smallest absolute Gasteiger partial charge is 0.332 e. The van der Waals surface area contributed by atoms with Crippen molar-refractivity contribution in [2.45, 2.75) is 32.0 Å². The van der Waals surface area contributed by atoms with Crippen molar-refractivity contribution in [3.63, 3.8) is 0 Å². The Kier molecular flexibility index (Phi) is 6.12. The number of benzene rings is 4. The van der Waals surface area contributed by atoms with Crippen molar-refractivity contribution in [2.75, 3.05) is 4.90 Å². The van der Waals surface area contributed by atoms with Crippen LogP contribution in [0.4, 0.5) is 14.9 Å². The van der Waals surface area contributed by atoms with E-state index in [0.29, 0.717) is 18.5 Å². The van der Waals surface area contributed by atoms with Crippen LogP contribution in [0, 0.1) is 12.7 Å². The molecule has 0 aliphatic carbocycles. The molecule has 4 amide bonds. The summed E-state index contributed by atoms with van der Waals surface area (Å²) in [5.41, 5.74) is 5.86. The Bertz CT molecular complexity index is 1860. The molecule has 1 aromatic heterocycles. The highest BCUT2D eigenvalue weighted by Gasteiger charge is 2.53. The van der Waals surface area contributed by atoms with Crippen LogP contribution in [0.5, 0.6) is 0 Å². The minimum atomic E-state index is -0.789. The highest BCUT2D eigenvalue weighted by Crippen LogP contribution is 2.45. The van der Waals surface area contributed by atoms with Crippen LogP contribution in [0.2, 0.25) is 0 Å². The van der Waals surface area contributed by atoms with Gasteiger partial charge in [0.2, 0.25) is 0 Å². The Morgan fingerprint density at radius 2 is 1.64 bits per heavy atom. The Labute approximate surface area is 241 Å². The lowest BCUT2D eigenvalue weighted by atomic mass is 9.89. The lowest BCUT2D eigenvalue weighted by Crippen LogP contribution is -2.44. The molecule has 7 rings (SSSR count). The first-order valence-electron chi connectivity index (χ1n) is 13.8. The number of urea groups is 1. The van der Waals surface area contributed by atoms with Gasteiger partial charge >= 0.3 is 6.03 Å². The van der Waals surface area contributed by atoms with Gasteiger partial charge in [-0.1, -0.05) is 72.3 Å². The molecule has 0 spiro atoms. The Morgan fingerprint density at radius 1 is 0.929 bits per heavy atom.